The van der Waals surface area contributed by atoms with Gasteiger partial charge in [-0.1, -0.05) is 6.07 Å². The van der Waals surface area contributed by atoms with Crippen LogP contribution < -0.4 is 16.0 Å². The van der Waals surface area contributed by atoms with E-state index in [0.29, 0.717) is 5.69 Å². The number of H-pyrrole nitrogens is 1. The van der Waals surface area contributed by atoms with E-state index in [4.69, 9.17) is 5.26 Å². The van der Waals surface area contributed by atoms with Crippen molar-refractivity contribution in [3.63, 3.8) is 0 Å². The van der Waals surface area contributed by atoms with Crippen molar-refractivity contribution in [3.05, 3.63) is 62.4 Å². The van der Waals surface area contributed by atoms with Gasteiger partial charge in [-0.15, -0.1) is 0 Å². The Balaban J connectivity index is 1.45. The Labute approximate surface area is 208 Å². The van der Waals surface area contributed by atoms with Gasteiger partial charge in [-0.05, 0) is 45.4 Å². The molecule has 3 atom stereocenters. The highest BCUT2D eigenvalue weighted by atomic mass is 16.1. The summed E-state index contributed by atoms with van der Waals surface area (Å²) in [6.07, 6.45) is 1.76. The van der Waals surface area contributed by atoms with Crippen LogP contribution in [0.2, 0.25) is 0 Å². The molecule has 10 heteroatoms. The van der Waals surface area contributed by atoms with Crippen LogP contribution in [0.15, 0.2) is 40.1 Å². The quantitative estimate of drug-likeness (QED) is 0.471. The fourth-order valence-electron chi connectivity index (χ4n) is 5.28. The van der Waals surface area contributed by atoms with Crippen molar-refractivity contribution in [1.29, 1.82) is 5.26 Å². The van der Waals surface area contributed by atoms with Crippen LogP contribution in [0.5, 0.6) is 0 Å². The third-order valence-electron chi connectivity index (χ3n) is 7.38. The highest BCUT2D eigenvalue weighted by molar-refractivity contribution is 5.88. The van der Waals surface area contributed by atoms with Crippen LogP contribution in [0.4, 0.5) is 5.69 Å². The Morgan fingerprint density at radius 3 is 2.72 bits per heavy atom. The van der Waals surface area contributed by atoms with E-state index in [1.54, 1.807) is 35.5 Å². The molecule has 1 N–H and O–H groups in total. The molecule has 1 fully saturated rings. The summed E-state index contributed by atoms with van der Waals surface area (Å²) >= 11 is 0. The van der Waals surface area contributed by atoms with Gasteiger partial charge in [0.05, 0.1) is 34.5 Å². The van der Waals surface area contributed by atoms with E-state index in [-0.39, 0.29) is 35.8 Å². The van der Waals surface area contributed by atoms with Crippen molar-refractivity contribution in [2.45, 2.75) is 52.4 Å². The van der Waals surface area contributed by atoms with Gasteiger partial charge in [0.1, 0.15) is 17.8 Å². The summed E-state index contributed by atoms with van der Waals surface area (Å²) in [5.41, 5.74) is 5.13. The predicted molar refractivity (Wildman–Crippen MR) is 139 cm³/mol. The fourth-order valence-corrected chi connectivity index (χ4v) is 5.28. The molecule has 10 nitrogen and oxygen atoms in total. The number of piperazine rings is 1. The number of aromatic nitrogens is 5. The van der Waals surface area contributed by atoms with E-state index < -0.39 is 0 Å². The molecule has 0 aliphatic carbocycles. The molecule has 1 aliphatic heterocycles. The van der Waals surface area contributed by atoms with Crippen molar-refractivity contribution in [2.75, 3.05) is 18.0 Å². The number of nitriles is 1. The third kappa shape index (κ3) is 3.95. The molecule has 1 saturated heterocycles. The second-order valence-electron chi connectivity index (χ2n) is 9.80. The maximum Gasteiger partial charge on any atom is 0.269 e. The molecule has 0 amide bonds. The zero-order chi connectivity index (χ0) is 25.7. The first-order valence-corrected chi connectivity index (χ1v) is 12.1. The number of nitrogens with one attached hydrogen (secondary N) is 1. The Kier molecular flexibility index (Phi) is 5.88. The SMILES string of the molecule is Cc1nc2cc(C(C)N3C[C@H](C)N(c4cc(=O)n(C)c5cn(CC#N)nc45)C[C@H]3C)ccc2[nH]c1=O. The normalized spacial score (nSPS) is 19.6. The van der Waals surface area contributed by atoms with Crippen LogP contribution in [-0.4, -0.2) is 54.4 Å². The highest BCUT2D eigenvalue weighted by Crippen LogP contribution is 2.33. The van der Waals surface area contributed by atoms with Crippen molar-refractivity contribution >= 4 is 27.8 Å². The largest absolute Gasteiger partial charge is 0.364 e. The molecule has 1 unspecified atom stereocenters. The standard InChI is InChI=1S/C26H30N8O2/c1-15-13-34(22-11-24(35)31(5)23-14-32(9-8-27)30-25(22)23)16(2)12-33(15)18(4)19-6-7-20-21(10-19)28-17(3)26(36)29-20/h6-7,10-11,14-16,18H,9,12-13H2,1-5H3,(H,29,36)/t15-,16+,18?/m1/s1. The number of hydrogen-bond donors (Lipinski definition) is 1. The van der Waals surface area contributed by atoms with Crippen molar-refractivity contribution in [3.8, 4) is 6.07 Å². The number of hydrogen-bond acceptors (Lipinski definition) is 7. The lowest BCUT2D eigenvalue weighted by Gasteiger charge is -2.47. The molecular weight excluding hydrogens is 456 g/mol. The lowest BCUT2D eigenvalue weighted by molar-refractivity contribution is 0.119. The maximum atomic E-state index is 12.8. The average Bonchev–Trinajstić information content (AvgIpc) is 3.27. The van der Waals surface area contributed by atoms with E-state index in [9.17, 15) is 9.59 Å². The lowest BCUT2D eigenvalue weighted by Crippen LogP contribution is -2.57. The average molecular weight is 487 g/mol. The molecule has 186 valence electrons. The Morgan fingerprint density at radius 1 is 1.19 bits per heavy atom. The summed E-state index contributed by atoms with van der Waals surface area (Å²) in [6.45, 7) is 9.94. The van der Waals surface area contributed by atoms with E-state index in [2.05, 4.69) is 63.8 Å². The summed E-state index contributed by atoms with van der Waals surface area (Å²) in [5.74, 6) is 0. The Morgan fingerprint density at radius 2 is 1.97 bits per heavy atom. The number of nitrogens with zero attached hydrogens (tertiary/aromatic N) is 7. The molecule has 0 bridgehead atoms. The monoisotopic (exact) mass is 486 g/mol. The summed E-state index contributed by atoms with van der Waals surface area (Å²) in [5, 5.41) is 13.7. The minimum atomic E-state index is -0.163. The molecule has 36 heavy (non-hydrogen) atoms. The Hall–Kier alpha value is -3.97. The maximum absolute atomic E-state index is 12.8. The summed E-state index contributed by atoms with van der Waals surface area (Å²) < 4.78 is 3.16. The molecule has 5 rings (SSSR count). The number of aromatic amines is 1. The predicted octanol–water partition coefficient (Wildman–Crippen LogP) is 2.46. The first kappa shape index (κ1) is 23.8. The van der Waals surface area contributed by atoms with E-state index in [0.717, 1.165) is 46.4 Å². The van der Waals surface area contributed by atoms with Crippen LogP contribution in [0, 0.1) is 18.3 Å². The first-order chi connectivity index (χ1) is 17.2. The van der Waals surface area contributed by atoms with E-state index in [1.807, 2.05) is 6.07 Å². The fraction of sp³-hybridized carbons (Fsp3) is 0.423. The van der Waals surface area contributed by atoms with E-state index >= 15 is 0 Å². The van der Waals surface area contributed by atoms with Crippen LogP contribution in [0.25, 0.3) is 22.1 Å². The number of fused-ring (bicyclic) bond motifs is 2. The van der Waals surface area contributed by atoms with E-state index in [1.165, 1.54) is 0 Å². The number of aryl methyl sites for hydroxylation is 2. The van der Waals surface area contributed by atoms with Crippen LogP contribution in [0.1, 0.15) is 38.1 Å². The van der Waals surface area contributed by atoms with Crippen LogP contribution >= 0.6 is 0 Å². The molecule has 1 aromatic carbocycles. The lowest BCUT2D eigenvalue weighted by atomic mass is 9.99. The second kappa shape index (κ2) is 8.91. The molecule has 3 aromatic heterocycles. The smallest absolute Gasteiger partial charge is 0.269 e. The minimum Gasteiger partial charge on any atom is -0.364 e. The summed E-state index contributed by atoms with van der Waals surface area (Å²) in [7, 11) is 1.73. The number of rotatable bonds is 4. The van der Waals surface area contributed by atoms with Gasteiger partial charge in [-0.3, -0.25) is 19.2 Å². The molecule has 0 saturated carbocycles. The van der Waals surface area contributed by atoms with Gasteiger partial charge in [0.2, 0.25) is 0 Å². The van der Waals surface area contributed by atoms with Gasteiger partial charge < -0.3 is 14.5 Å². The molecule has 1 aliphatic rings. The van der Waals surface area contributed by atoms with Crippen molar-refractivity contribution in [1.82, 2.24) is 29.2 Å². The van der Waals surface area contributed by atoms with Gasteiger partial charge >= 0.3 is 0 Å². The zero-order valence-electron chi connectivity index (χ0n) is 21.2. The topological polar surface area (TPSA) is 116 Å². The van der Waals surface area contributed by atoms with Gasteiger partial charge in [-0.25, -0.2) is 4.98 Å². The van der Waals surface area contributed by atoms with Gasteiger partial charge in [0.25, 0.3) is 11.1 Å². The number of pyridine rings is 1. The minimum absolute atomic E-state index is 0.0957. The zero-order valence-corrected chi connectivity index (χ0v) is 21.2. The highest BCUT2D eigenvalue weighted by Gasteiger charge is 2.34. The van der Waals surface area contributed by atoms with Gasteiger partial charge in [0, 0.05) is 44.3 Å². The first-order valence-electron chi connectivity index (χ1n) is 12.1. The third-order valence-corrected chi connectivity index (χ3v) is 7.38. The van der Waals surface area contributed by atoms with Crippen LogP contribution in [-0.2, 0) is 13.6 Å². The van der Waals surface area contributed by atoms with Crippen molar-refractivity contribution in [2.24, 2.45) is 7.05 Å². The Bertz CT molecular complexity index is 1630. The second-order valence-corrected chi connectivity index (χ2v) is 9.80. The summed E-state index contributed by atoms with van der Waals surface area (Å²) in [4.78, 5) is 36.8. The van der Waals surface area contributed by atoms with Crippen LogP contribution in [0.3, 0.4) is 0 Å². The number of anilines is 1. The molecule has 4 heterocycles. The summed E-state index contributed by atoms with van der Waals surface area (Å²) in [6, 6.07) is 10.3. The molecular formula is C26H30N8O2. The molecule has 0 radical (unpaired) electrons. The molecule has 0 spiro atoms. The number of benzene rings is 1. The van der Waals surface area contributed by atoms with Crippen molar-refractivity contribution < 1.29 is 0 Å². The molecule has 4 aromatic rings. The van der Waals surface area contributed by atoms with Gasteiger partial charge in [-0.2, -0.15) is 10.4 Å². The van der Waals surface area contributed by atoms with Gasteiger partial charge in [0.15, 0.2) is 0 Å².